The molecule has 32 heavy (non-hydrogen) atoms. The summed E-state index contributed by atoms with van der Waals surface area (Å²) in [6.07, 6.45) is 3.51. The first-order chi connectivity index (χ1) is 15.6. The molecule has 1 aliphatic heterocycles. The second-order valence-corrected chi connectivity index (χ2v) is 8.14. The maximum absolute atomic E-state index is 13.0. The average Bonchev–Trinajstić information content (AvgIpc) is 3.07. The second-order valence-electron chi connectivity index (χ2n) is 8.14. The third kappa shape index (κ3) is 4.37. The minimum absolute atomic E-state index is 0.109. The Balaban J connectivity index is 1.54. The van der Waals surface area contributed by atoms with Crippen LogP contribution in [0.4, 0.5) is 11.4 Å². The number of phenols is 1. The van der Waals surface area contributed by atoms with Gasteiger partial charge in [-0.1, -0.05) is 67.9 Å². The van der Waals surface area contributed by atoms with Gasteiger partial charge in [0.25, 0.3) is 5.91 Å². The second kappa shape index (κ2) is 9.69. The number of phenolic OH excluding ortho intramolecular Hbond substituents is 1. The van der Waals surface area contributed by atoms with E-state index in [1.165, 1.54) is 11.1 Å². The summed E-state index contributed by atoms with van der Waals surface area (Å²) in [6, 6.07) is 21.6. The molecular weight excluding hydrogens is 398 g/mol. The van der Waals surface area contributed by atoms with Crippen LogP contribution in [0.3, 0.4) is 0 Å². The highest BCUT2D eigenvalue weighted by Crippen LogP contribution is 2.32. The Labute approximate surface area is 189 Å². The van der Waals surface area contributed by atoms with Crippen molar-refractivity contribution >= 4 is 23.0 Å². The third-order valence-corrected chi connectivity index (χ3v) is 5.97. The standard InChI is InChI=1S/C27H29N3O2/c1-3-4-18-30-24-15-8-7-13-22(24)25(27(30)32)29-28-23-14-9-12-21(26(23)31)17-16-20-11-6-5-10-19(20)2/h5-15,28,31H,3-4,16-18H2,1-2H3/b29-25-. The molecule has 0 aliphatic carbocycles. The van der Waals surface area contributed by atoms with E-state index in [-0.39, 0.29) is 11.7 Å². The number of hydrazone groups is 1. The van der Waals surface area contributed by atoms with Gasteiger partial charge in [-0.2, -0.15) is 5.10 Å². The molecule has 3 aromatic rings. The van der Waals surface area contributed by atoms with Crippen LogP contribution in [-0.2, 0) is 17.6 Å². The molecule has 0 spiro atoms. The molecule has 1 amide bonds. The highest BCUT2D eigenvalue weighted by atomic mass is 16.3. The monoisotopic (exact) mass is 427 g/mol. The number of amides is 1. The summed E-state index contributed by atoms with van der Waals surface area (Å²) in [4.78, 5) is 14.8. The number of aryl methyl sites for hydroxylation is 3. The van der Waals surface area contributed by atoms with Crippen molar-refractivity contribution in [3.63, 3.8) is 0 Å². The van der Waals surface area contributed by atoms with Gasteiger partial charge in [-0.3, -0.25) is 10.2 Å². The highest BCUT2D eigenvalue weighted by Gasteiger charge is 2.33. The van der Waals surface area contributed by atoms with Crippen LogP contribution < -0.4 is 10.3 Å². The fourth-order valence-electron chi connectivity index (χ4n) is 4.07. The zero-order valence-electron chi connectivity index (χ0n) is 18.6. The number of hydrogen-bond donors (Lipinski definition) is 2. The fourth-order valence-corrected chi connectivity index (χ4v) is 4.07. The van der Waals surface area contributed by atoms with E-state index >= 15 is 0 Å². The number of para-hydroxylation sites is 2. The summed E-state index contributed by atoms with van der Waals surface area (Å²) in [7, 11) is 0. The number of hydrogen-bond acceptors (Lipinski definition) is 4. The first-order valence-corrected chi connectivity index (χ1v) is 11.2. The van der Waals surface area contributed by atoms with E-state index in [4.69, 9.17) is 0 Å². The Kier molecular flexibility index (Phi) is 6.55. The third-order valence-electron chi connectivity index (χ3n) is 5.97. The molecule has 4 rings (SSSR count). The van der Waals surface area contributed by atoms with Gasteiger partial charge in [-0.15, -0.1) is 0 Å². The molecule has 0 unspecified atom stereocenters. The Morgan fingerprint density at radius 1 is 0.938 bits per heavy atom. The van der Waals surface area contributed by atoms with Gasteiger partial charge < -0.3 is 10.0 Å². The summed E-state index contributed by atoms with van der Waals surface area (Å²) in [5.41, 5.74) is 8.89. The van der Waals surface area contributed by atoms with Gasteiger partial charge in [0.2, 0.25) is 0 Å². The molecule has 0 saturated heterocycles. The number of carbonyl (C=O) groups is 1. The Morgan fingerprint density at radius 2 is 1.66 bits per heavy atom. The lowest BCUT2D eigenvalue weighted by atomic mass is 10.00. The molecule has 164 valence electrons. The number of aromatic hydroxyl groups is 1. The summed E-state index contributed by atoms with van der Waals surface area (Å²) in [5.74, 6) is 0.0642. The minimum Gasteiger partial charge on any atom is -0.505 e. The van der Waals surface area contributed by atoms with E-state index in [1.54, 1.807) is 11.0 Å². The van der Waals surface area contributed by atoms with Crippen molar-refractivity contribution in [2.24, 2.45) is 5.10 Å². The summed E-state index contributed by atoms with van der Waals surface area (Å²) >= 11 is 0. The van der Waals surface area contributed by atoms with Crippen LogP contribution >= 0.6 is 0 Å². The van der Waals surface area contributed by atoms with E-state index < -0.39 is 0 Å². The molecule has 3 aromatic carbocycles. The van der Waals surface area contributed by atoms with Crippen molar-refractivity contribution in [2.75, 3.05) is 16.9 Å². The van der Waals surface area contributed by atoms with Crippen molar-refractivity contribution in [2.45, 2.75) is 39.5 Å². The number of fused-ring (bicyclic) bond motifs is 1. The number of benzene rings is 3. The van der Waals surface area contributed by atoms with Crippen molar-refractivity contribution in [3.8, 4) is 5.75 Å². The van der Waals surface area contributed by atoms with E-state index in [2.05, 4.69) is 36.5 Å². The summed E-state index contributed by atoms with van der Waals surface area (Å²) in [5, 5.41) is 15.2. The van der Waals surface area contributed by atoms with Crippen LogP contribution in [-0.4, -0.2) is 23.3 Å². The van der Waals surface area contributed by atoms with Crippen molar-refractivity contribution in [1.29, 1.82) is 0 Å². The zero-order valence-corrected chi connectivity index (χ0v) is 18.6. The van der Waals surface area contributed by atoms with Gasteiger partial charge in [0, 0.05) is 12.1 Å². The smallest absolute Gasteiger partial charge is 0.279 e. The van der Waals surface area contributed by atoms with E-state index in [0.29, 0.717) is 17.9 Å². The zero-order chi connectivity index (χ0) is 22.5. The Morgan fingerprint density at radius 3 is 2.47 bits per heavy atom. The largest absolute Gasteiger partial charge is 0.505 e. The van der Waals surface area contributed by atoms with Gasteiger partial charge in [0.05, 0.1) is 11.4 Å². The summed E-state index contributed by atoms with van der Waals surface area (Å²) in [6.45, 7) is 4.88. The summed E-state index contributed by atoms with van der Waals surface area (Å²) < 4.78 is 0. The quantitative estimate of drug-likeness (QED) is 0.371. The lowest BCUT2D eigenvalue weighted by molar-refractivity contribution is -0.112. The number of nitrogens with zero attached hydrogens (tertiary/aromatic N) is 2. The molecule has 0 radical (unpaired) electrons. The average molecular weight is 428 g/mol. The molecule has 0 bridgehead atoms. The van der Waals surface area contributed by atoms with Crippen molar-refractivity contribution in [3.05, 3.63) is 89.0 Å². The predicted molar refractivity (Wildman–Crippen MR) is 131 cm³/mol. The molecule has 5 heteroatoms. The van der Waals surface area contributed by atoms with Crippen LogP contribution in [0.25, 0.3) is 0 Å². The molecule has 0 aromatic heterocycles. The minimum atomic E-state index is -0.109. The van der Waals surface area contributed by atoms with Crippen LogP contribution in [0.2, 0.25) is 0 Å². The number of nitrogens with one attached hydrogen (secondary N) is 1. The van der Waals surface area contributed by atoms with E-state index in [0.717, 1.165) is 42.5 Å². The molecule has 1 heterocycles. The molecule has 0 fully saturated rings. The lowest BCUT2D eigenvalue weighted by Crippen LogP contribution is -2.31. The molecule has 0 atom stereocenters. The lowest BCUT2D eigenvalue weighted by Gasteiger charge is -2.15. The maximum atomic E-state index is 13.0. The fraction of sp³-hybridized carbons (Fsp3) is 0.259. The van der Waals surface area contributed by atoms with Gasteiger partial charge in [0.1, 0.15) is 5.75 Å². The van der Waals surface area contributed by atoms with Gasteiger partial charge in [0.15, 0.2) is 5.71 Å². The molecule has 0 saturated carbocycles. The molecular formula is C27H29N3O2. The maximum Gasteiger partial charge on any atom is 0.279 e. The topological polar surface area (TPSA) is 64.9 Å². The molecule has 1 aliphatic rings. The first kappa shape index (κ1) is 21.6. The number of unbranched alkanes of at least 4 members (excludes halogenated alkanes) is 1. The van der Waals surface area contributed by atoms with E-state index in [9.17, 15) is 9.90 Å². The van der Waals surface area contributed by atoms with Crippen LogP contribution in [0.1, 0.15) is 42.0 Å². The predicted octanol–water partition coefficient (Wildman–Crippen LogP) is 5.45. The SMILES string of the molecule is CCCCN1C(=O)/C(=N\Nc2cccc(CCc3ccccc3C)c2O)c2ccccc21. The van der Waals surface area contributed by atoms with Gasteiger partial charge >= 0.3 is 0 Å². The number of anilines is 2. The first-order valence-electron chi connectivity index (χ1n) is 11.2. The van der Waals surface area contributed by atoms with Crippen LogP contribution in [0, 0.1) is 6.92 Å². The van der Waals surface area contributed by atoms with Gasteiger partial charge in [-0.05, 0) is 55.0 Å². The van der Waals surface area contributed by atoms with Crippen LogP contribution in [0.15, 0.2) is 71.8 Å². The van der Waals surface area contributed by atoms with E-state index in [1.807, 2.05) is 48.5 Å². The Hall–Kier alpha value is -3.60. The number of carbonyl (C=O) groups excluding carboxylic acids is 1. The van der Waals surface area contributed by atoms with Crippen LogP contribution in [0.5, 0.6) is 5.75 Å². The molecule has 2 N–H and O–H groups in total. The highest BCUT2D eigenvalue weighted by molar-refractivity contribution is 6.54. The van der Waals surface area contributed by atoms with Crippen molar-refractivity contribution < 1.29 is 9.90 Å². The van der Waals surface area contributed by atoms with Gasteiger partial charge in [-0.25, -0.2) is 0 Å². The van der Waals surface area contributed by atoms with Crippen molar-refractivity contribution in [1.82, 2.24) is 0 Å². The normalized spacial score (nSPS) is 14.1. The Bertz CT molecular complexity index is 1150. The molecule has 5 nitrogen and oxygen atoms in total. The number of rotatable bonds is 8.